The minimum atomic E-state index is -0.429. The molecule has 0 aliphatic carbocycles. The van der Waals surface area contributed by atoms with Crippen LogP contribution in [0, 0.1) is 5.82 Å². The van der Waals surface area contributed by atoms with Crippen LogP contribution in [-0.4, -0.2) is 29.2 Å². The molecule has 0 spiro atoms. The fourth-order valence-corrected chi connectivity index (χ4v) is 2.95. The molecule has 1 atom stereocenters. The Morgan fingerprint density at radius 1 is 1.08 bits per heavy atom. The van der Waals surface area contributed by atoms with Crippen LogP contribution < -0.4 is 14.2 Å². The van der Waals surface area contributed by atoms with Crippen molar-refractivity contribution in [3.05, 3.63) is 60.2 Å². The van der Waals surface area contributed by atoms with Crippen molar-refractivity contribution in [2.45, 2.75) is 11.3 Å². The van der Waals surface area contributed by atoms with E-state index >= 15 is 0 Å². The van der Waals surface area contributed by atoms with Gasteiger partial charge in [0.1, 0.15) is 18.2 Å². The van der Waals surface area contributed by atoms with E-state index in [1.807, 2.05) is 24.3 Å². The smallest absolute Gasteiger partial charge is 0.276 e. The van der Waals surface area contributed by atoms with Gasteiger partial charge in [-0.2, -0.15) is 0 Å². The molecule has 2 heterocycles. The molecule has 26 heavy (non-hydrogen) atoms. The summed E-state index contributed by atoms with van der Waals surface area (Å²) >= 11 is 1.38. The normalized spacial score (nSPS) is 15.7. The van der Waals surface area contributed by atoms with Gasteiger partial charge in [0.05, 0.1) is 6.61 Å². The topological polar surface area (TPSA) is 66.6 Å². The summed E-state index contributed by atoms with van der Waals surface area (Å²) in [7, 11) is 0. The van der Waals surface area contributed by atoms with E-state index in [9.17, 15) is 4.39 Å². The molecular formula is C18H15FN2O4S. The maximum Gasteiger partial charge on any atom is 0.276 e. The Balaban J connectivity index is 1.28. The summed E-state index contributed by atoms with van der Waals surface area (Å²) in [6.07, 6.45) is -0.429. The Morgan fingerprint density at radius 3 is 2.73 bits per heavy atom. The molecule has 0 radical (unpaired) electrons. The quantitative estimate of drug-likeness (QED) is 0.479. The predicted molar refractivity (Wildman–Crippen MR) is 92.2 cm³/mol. The van der Waals surface area contributed by atoms with Crippen LogP contribution in [0.2, 0.25) is 0 Å². The second-order valence-corrected chi connectivity index (χ2v) is 6.47. The van der Waals surface area contributed by atoms with Gasteiger partial charge in [-0.1, -0.05) is 23.9 Å². The van der Waals surface area contributed by atoms with Crippen molar-refractivity contribution < 1.29 is 23.0 Å². The summed E-state index contributed by atoms with van der Waals surface area (Å²) in [5, 5.41) is 8.48. The highest BCUT2D eigenvalue weighted by molar-refractivity contribution is 7.99. The number of hydrogen-bond donors (Lipinski definition) is 0. The lowest BCUT2D eigenvalue weighted by molar-refractivity contribution is 0.0686. The van der Waals surface area contributed by atoms with Crippen LogP contribution in [0.4, 0.5) is 4.39 Å². The Hall–Kier alpha value is -2.74. The van der Waals surface area contributed by atoms with Gasteiger partial charge in [0.2, 0.25) is 6.10 Å². The highest BCUT2D eigenvalue weighted by Crippen LogP contribution is 2.35. The summed E-state index contributed by atoms with van der Waals surface area (Å²) in [5.41, 5.74) is 0. The van der Waals surface area contributed by atoms with Crippen LogP contribution in [0.5, 0.6) is 17.2 Å². The van der Waals surface area contributed by atoms with Crippen LogP contribution in [0.15, 0.2) is 58.2 Å². The zero-order chi connectivity index (χ0) is 17.8. The van der Waals surface area contributed by atoms with Gasteiger partial charge in [0, 0.05) is 5.75 Å². The van der Waals surface area contributed by atoms with E-state index < -0.39 is 6.10 Å². The van der Waals surface area contributed by atoms with Gasteiger partial charge >= 0.3 is 0 Å². The number of para-hydroxylation sites is 2. The van der Waals surface area contributed by atoms with Gasteiger partial charge in [-0.05, 0) is 36.4 Å². The van der Waals surface area contributed by atoms with E-state index in [-0.39, 0.29) is 5.82 Å². The summed E-state index contributed by atoms with van der Waals surface area (Å²) in [6, 6.07) is 13.3. The maximum atomic E-state index is 12.8. The fourth-order valence-electron chi connectivity index (χ4n) is 2.37. The molecule has 0 bridgehead atoms. The predicted octanol–water partition coefficient (Wildman–Crippen LogP) is 3.89. The monoisotopic (exact) mass is 374 g/mol. The van der Waals surface area contributed by atoms with E-state index in [1.54, 1.807) is 12.1 Å². The molecule has 0 saturated carbocycles. The highest BCUT2D eigenvalue weighted by atomic mass is 32.2. The minimum Gasteiger partial charge on any atom is -0.493 e. The number of rotatable bonds is 6. The lowest BCUT2D eigenvalue weighted by Crippen LogP contribution is -2.21. The van der Waals surface area contributed by atoms with Crippen LogP contribution in [0.25, 0.3) is 0 Å². The van der Waals surface area contributed by atoms with Crippen molar-refractivity contribution >= 4 is 11.8 Å². The standard InChI is InChI=1S/C18H15FN2O4S/c19-12-5-7-13(8-6-12)22-9-10-26-18-21-20-17(25-18)16-11-23-14-3-1-2-4-15(14)24-16/h1-8,16H,9-11H2/t16-/m0/s1. The van der Waals surface area contributed by atoms with Crippen LogP contribution >= 0.6 is 11.8 Å². The minimum absolute atomic E-state index is 0.290. The lowest BCUT2D eigenvalue weighted by Gasteiger charge is -2.23. The van der Waals surface area contributed by atoms with Crippen LogP contribution in [-0.2, 0) is 0 Å². The molecule has 0 fully saturated rings. The van der Waals surface area contributed by atoms with E-state index in [2.05, 4.69) is 10.2 Å². The summed E-state index contributed by atoms with van der Waals surface area (Å²) in [6.45, 7) is 0.751. The third-order valence-electron chi connectivity index (χ3n) is 3.60. The number of benzene rings is 2. The molecule has 3 aromatic rings. The number of fused-ring (bicyclic) bond motifs is 1. The molecule has 6 nitrogen and oxygen atoms in total. The number of nitrogens with zero attached hydrogens (tertiary/aromatic N) is 2. The first-order chi connectivity index (χ1) is 12.8. The zero-order valence-electron chi connectivity index (χ0n) is 13.6. The molecule has 134 valence electrons. The highest BCUT2D eigenvalue weighted by Gasteiger charge is 2.27. The van der Waals surface area contributed by atoms with Crippen molar-refractivity contribution in [3.8, 4) is 17.2 Å². The zero-order valence-corrected chi connectivity index (χ0v) is 14.4. The van der Waals surface area contributed by atoms with Gasteiger partial charge in [-0.15, -0.1) is 10.2 Å². The maximum absolute atomic E-state index is 12.8. The number of thioether (sulfide) groups is 1. The molecule has 4 rings (SSSR count). The molecule has 8 heteroatoms. The number of hydrogen-bond acceptors (Lipinski definition) is 7. The summed E-state index contributed by atoms with van der Waals surface area (Å²) in [4.78, 5) is 0. The largest absolute Gasteiger partial charge is 0.493 e. The third-order valence-corrected chi connectivity index (χ3v) is 4.38. The molecule has 0 saturated heterocycles. The Kier molecular flexibility index (Phi) is 4.92. The fraction of sp³-hybridized carbons (Fsp3) is 0.222. The Bertz CT molecular complexity index is 872. The van der Waals surface area contributed by atoms with Gasteiger partial charge in [-0.25, -0.2) is 4.39 Å². The lowest BCUT2D eigenvalue weighted by atomic mass is 10.2. The second kappa shape index (κ2) is 7.65. The average Bonchev–Trinajstić information content (AvgIpc) is 3.15. The van der Waals surface area contributed by atoms with Crippen molar-refractivity contribution in [2.75, 3.05) is 19.0 Å². The van der Waals surface area contributed by atoms with Crippen molar-refractivity contribution in [1.82, 2.24) is 10.2 Å². The Morgan fingerprint density at radius 2 is 1.88 bits per heavy atom. The van der Waals surface area contributed by atoms with E-state index in [0.717, 1.165) is 0 Å². The average molecular weight is 374 g/mol. The first kappa shape index (κ1) is 16.7. The van der Waals surface area contributed by atoms with E-state index in [1.165, 1.54) is 23.9 Å². The Labute approximate surface area is 153 Å². The molecule has 1 aliphatic heterocycles. The first-order valence-corrected chi connectivity index (χ1v) is 8.99. The van der Waals surface area contributed by atoms with E-state index in [4.69, 9.17) is 18.6 Å². The van der Waals surface area contributed by atoms with Gasteiger partial charge in [-0.3, -0.25) is 0 Å². The molecular weight excluding hydrogens is 359 g/mol. The molecule has 0 N–H and O–H groups in total. The SMILES string of the molecule is Fc1ccc(OCCSc2nnc([C@@H]3COc4ccccc4O3)o2)cc1. The summed E-state index contributed by atoms with van der Waals surface area (Å²) in [5.74, 6) is 2.68. The molecule has 1 aliphatic rings. The van der Waals surface area contributed by atoms with Gasteiger partial charge in [0.25, 0.3) is 11.1 Å². The molecule has 0 amide bonds. The van der Waals surface area contributed by atoms with E-state index in [0.29, 0.717) is 47.3 Å². The summed E-state index contributed by atoms with van der Waals surface area (Å²) < 4.78 is 35.5. The molecule has 0 unspecified atom stereocenters. The molecule has 1 aromatic heterocycles. The van der Waals surface area contributed by atoms with Crippen molar-refractivity contribution in [2.24, 2.45) is 0 Å². The third kappa shape index (κ3) is 3.91. The second-order valence-electron chi connectivity index (χ2n) is 5.42. The first-order valence-electron chi connectivity index (χ1n) is 8.01. The van der Waals surface area contributed by atoms with Crippen molar-refractivity contribution in [1.29, 1.82) is 0 Å². The van der Waals surface area contributed by atoms with Crippen LogP contribution in [0.1, 0.15) is 12.0 Å². The van der Waals surface area contributed by atoms with Crippen molar-refractivity contribution in [3.63, 3.8) is 0 Å². The number of aromatic nitrogens is 2. The van der Waals surface area contributed by atoms with Gasteiger partial charge in [0.15, 0.2) is 11.5 Å². The number of ether oxygens (including phenoxy) is 3. The molecule has 2 aromatic carbocycles. The number of halogens is 1. The van der Waals surface area contributed by atoms with Crippen LogP contribution in [0.3, 0.4) is 0 Å². The van der Waals surface area contributed by atoms with Gasteiger partial charge < -0.3 is 18.6 Å².